The Bertz CT molecular complexity index is 798. The molecule has 0 saturated carbocycles. The van der Waals surface area contributed by atoms with Crippen LogP contribution in [0.15, 0.2) is 6.07 Å². The maximum atomic E-state index is 12.7. The number of piperidine rings is 1. The van der Waals surface area contributed by atoms with Crippen LogP contribution in [-0.2, 0) is 14.3 Å². The summed E-state index contributed by atoms with van der Waals surface area (Å²) in [4.78, 5) is 38.8. The lowest BCUT2D eigenvalue weighted by molar-refractivity contribution is -0.149. The molecule has 29 heavy (non-hydrogen) atoms. The van der Waals surface area contributed by atoms with Gasteiger partial charge in [-0.2, -0.15) is 0 Å². The molecule has 0 unspecified atom stereocenters. The van der Waals surface area contributed by atoms with Crippen LogP contribution in [0.1, 0.15) is 66.2 Å². The van der Waals surface area contributed by atoms with Crippen LogP contribution in [-0.4, -0.2) is 48.0 Å². The molecular formula is C23H33NO5. The van der Waals surface area contributed by atoms with Crippen molar-refractivity contribution in [3.63, 3.8) is 0 Å². The first kappa shape index (κ1) is 22.9. The van der Waals surface area contributed by atoms with Crippen molar-refractivity contribution in [2.24, 2.45) is 5.92 Å². The van der Waals surface area contributed by atoms with Gasteiger partial charge in [0, 0.05) is 18.7 Å². The van der Waals surface area contributed by atoms with E-state index in [2.05, 4.69) is 0 Å². The number of Topliss-reactive ketones (excluding diaryl/α,β-unsaturated/α-hetero) is 1. The van der Waals surface area contributed by atoms with Crippen LogP contribution in [0, 0.1) is 33.6 Å². The molecule has 6 nitrogen and oxygen atoms in total. The van der Waals surface area contributed by atoms with E-state index >= 15 is 0 Å². The van der Waals surface area contributed by atoms with E-state index in [1.165, 1.54) is 0 Å². The number of hydrogen-bond donors (Lipinski definition) is 0. The van der Waals surface area contributed by atoms with Gasteiger partial charge in [-0.05, 0) is 83.6 Å². The van der Waals surface area contributed by atoms with E-state index in [1.54, 1.807) is 4.90 Å². The maximum Gasteiger partial charge on any atom is 0.410 e. The monoisotopic (exact) mass is 403 g/mol. The zero-order valence-electron chi connectivity index (χ0n) is 18.7. The number of amides is 1. The Balaban J connectivity index is 1.89. The van der Waals surface area contributed by atoms with Crippen molar-refractivity contribution in [2.75, 3.05) is 19.7 Å². The van der Waals surface area contributed by atoms with Gasteiger partial charge in [0.15, 0.2) is 6.61 Å². The molecule has 160 valence electrons. The number of likely N-dealkylation sites (tertiary alicyclic amines) is 1. The molecule has 1 aromatic carbocycles. The number of carbonyl (C=O) groups excluding carboxylic acids is 3. The second-order valence-electron chi connectivity index (χ2n) is 8.91. The quantitative estimate of drug-likeness (QED) is 0.554. The van der Waals surface area contributed by atoms with E-state index in [4.69, 9.17) is 9.47 Å². The fourth-order valence-corrected chi connectivity index (χ4v) is 3.66. The minimum atomic E-state index is -0.544. The topological polar surface area (TPSA) is 72.9 Å². The summed E-state index contributed by atoms with van der Waals surface area (Å²) in [5, 5.41) is 0. The smallest absolute Gasteiger partial charge is 0.410 e. The zero-order valence-corrected chi connectivity index (χ0v) is 18.7. The summed E-state index contributed by atoms with van der Waals surface area (Å²) in [5.74, 6) is -0.854. The molecular weight excluding hydrogens is 370 g/mol. The highest BCUT2D eigenvalue weighted by Gasteiger charge is 2.31. The van der Waals surface area contributed by atoms with E-state index in [-0.39, 0.29) is 30.4 Å². The third-order valence-corrected chi connectivity index (χ3v) is 5.46. The van der Waals surface area contributed by atoms with Crippen LogP contribution in [0.25, 0.3) is 0 Å². The Morgan fingerprint density at radius 2 is 1.59 bits per heavy atom. The summed E-state index contributed by atoms with van der Waals surface area (Å²) in [5.41, 5.74) is 4.16. The van der Waals surface area contributed by atoms with Gasteiger partial charge in [0.2, 0.25) is 5.78 Å². The standard InChI is InChI=1S/C23H33NO5/c1-14-12-15(2)20(17(4)16(14)3)19(25)13-28-21(26)18-8-10-24(11-9-18)22(27)29-23(5,6)7/h12,18H,8-11,13H2,1-7H3. The molecule has 1 heterocycles. The van der Waals surface area contributed by atoms with E-state index in [1.807, 2.05) is 54.5 Å². The molecule has 0 aliphatic carbocycles. The number of benzene rings is 1. The van der Waals surface area contributed by atoms with E-state index in [9.17, 15) is 14.4 Å². The van der Waals surface area contributed by atoms with E-state index in [0.717, 1.165) is 22.3 Å². The summed E-state index contributed by atoms with van der Waals surface area (Å²) in [7, 11) is 0. The molecule has 1 aromatic rings. The molecule has 0 aromatic heterocycles. The van der Waals surface area contributed by atoms with Crippen molar-refractivity contribution >= 4 is 17.8 Å². The van der Waals surface area contributed by atoms with Crippen molar-refractivity contribution < 1.29 is 23.9 Å². The van der Waals surface area contributed by atoms with Crippen LogP contribution in [0.4, 0.5) is 4.79 Å². The fourth-order valence-electron chi connectivity index (χ4n) is 3.66. The van der Waals surface area contributed by atoms with Crippen LogP contribution in [0.2, 0.25) is 0 Å². The number of esters is 1. The molecule has 2 rings (SSSR count). The third kappa shape index (κ3) is 5.81. The Hall–Kier alpha value is -2.37. The highest BCUT2D eigenvalue weighted by Crippen LogP contribution is 2.23. The SMILES string of the molecule is Cc1cc(C)c(C(=O)COC(=O)C2CCN(C(=O)OC(C)(C)C)CC2)c(C)c1C. The molecule has 1 fully saturated rings. The van der Waals surface area contributed by atoms with Gasteiger partial charge in [-0.3, -0.25) is 9.59 Å². The Labute approximate surface area is 173 Å². The molecule has 0 atom stereocenters. The minimum absolute atomic E-state index is 0.178. The first-order chi connectivity index (χ1) is 13.4. The van der Waals surface area contributed by atoms with Crippen LogP contribution in [0.5, 0.6) is 0 Å². The molecule has 1 aliphatic rings. The Kier molecular flexibility index (Phi) is 7.09. The predicted octanol–water partition coefficient (Wildman–Crippen LogP) is 4.29. The van der Waals surface area contributed by atoms with Crippen LogP contribution < -0.4 is 0 Å². The number of hydrogen-bond acceptors (Lipinski definition) is 5. The summed E-state index contributed by atoms with van der Waals surface area (Å²) in [6, 6.07) is 1.99. The van der Waals surface area contributed by atoms with Gasteiger partial charge in [0.05, 0.1) is 5.92 Å². The van der Waals surface area contributed by atoms with Crippen molar-refractivity contribution in [1.29, 1.82) is 0 Å². The highest BCUT2D eigenvalue weighted by atomic mass is 16.6. The second kappa shape index (κ2) is 8.97. The number of rotatable bonds is 4. The van der Waals surface area contributed by atoms with Crippen molar-refractivity contribution in [3.05, 3.63) is 33.9 Å². The highest BCUT2D eigenvalue weighted by molar-refractivity contribution is 6.01. The summed E-state index contributed by atoms with van der Waals surface area (Å²) >= 11 is 0. The number of carbonyl (C=O) groups is 3. The van der Waals surface area contributed by atoms with E-state index < -0.39 is 5.60 Å². The first-order valence-electron chi connectivity index (χ1n) is 10.2. The summed E-state index contributed by atoms with van der Waals surface area (Å²) < 4.78 is 10.7. The number of ketones is 1. The lowest BCUT2D eigenvalue weighted by Crippen LogP contribution is -2.43. The lowest BCUT2D eigenvalue weighted by Gasteiger charge is -2.32. The molecule has 1 saturated heterocycles. The molecule has 0 N–H and O–H groups in total. The molecule has 0 spiro atoms. The van der Waals surface area contributed by atoms with Gasteiger partial charge in [-0.1, -0.05) is 6.07 Å². The Morgan fingerprint density at radius 1 is 1.00 bits per heavy atom. The maximum absolute atomic E-state index is 12.7. The lowest BCUT2D eigenvalue weighted by atomic mass is 9.92. The number of ether oxygens (including phenoxy) is 2. The van der Waals surface area contributed by atoms with Crippen LogP contribution in [0.3, 0.4) is 0 Å². The molecule has 6 heteroatoms. The summed E-state index contributed by atoms with van der Waals surface area (Å²) in [6.45, 7) is 13.9. The average molecular weight is 404 g/mol. The molecule has 1 aliphatic heterocycles. The third-order valence-electron chi connectivity index (χ3n) is 5.46. The van der Waals surface area contributed by atoms with Gasteiger partial charge in [-0.15, -0.1) is 0 Å². The average Bonchev–Trinajstić information content (AvgIpc) is 2.63. The second-order valence-corrected chi connectivity index (χ2v) is 8.91. The van der Waals surface area contributed by atoms with Gasteiger partial charge in [-0.25, -0.2) is 4.79 Å². The number of nitrogens with zero attached hydrogens (tertiary/aromatic N) is 1. The van der Waals surface area contributed by atoms with E-state index in [0.29, 0.717) is 31.5 Å². The normalized spacial score (nSPS) is 15.2. The summed E-state index contributed by atoms with van der Waals surface area (Å²) in [6.07, 6.45) is 0.655. The Morgan fingerprint density at radius 3 is 2.14 bits per heavy atom. The van der Waals surface area contributed by atoms with Gasteiger partial charge >= 0.3 is 12.1 Å². The molecule has 1 amide bonds. The molecule has 0 bridgehead atoms. The predicted molar refractivity (Wildman–Crippen MR) is 111 cm³/mol. The van der Waals surface area contributed by atoms with Crippen molar-refractivity contribution in [2.45, 2.75) is 66.9 Å². The zero-order chi connectivity index (χ0) is 21.9. The van der Waals surface area contributed by atoms with Crippen molar-refractivity contribution in [1.82, 2.24) is 4.90 Å². The minimum Gasteiger partial charge on any atom is -0.457 e. The van der Waals surface area contributed by atoms with Gasteiger partial charge in [0.25, 0.3) is 0 Å². The number of aryl methyl sites for hydroxylation is 2. The van der Waals surface area contributed by atoms with Gasteiger partial charge < -0.3 is 14.4 Å². The van der Waals surface area contributed by atoms with Gasteiger partial charge in [0.1, 0.15) is 5.60 Å². The van der Waals surface area contributed by atoms with Crippen LogP contribution >= 0.6 is 0 Å². The molecule has 0 radical (unpaired) electrons. The van der Waals surface area contributed by atoms with Crippen molar-refractivity contribution in [3.8, 4) is 0 Å². The largest absolute Gasteiger partial charge is 0.457 e. The first-order valence-corrected chi connectivity index (χ1v) is 10.2. The fraction of sp³-hybridized carbons (Fsp3) is 0.609.